The molecule has 1 unspecified atom stereocenters. The molecule has 2 N–H and O–H groups in total. The maximum Gasteiger partial charge on any atom is 0.231 e. The van der Waals surface area contributed by atoms with E-state index in [1.165, 1.54) is 0 Å². The van der Waals surface area contributed by atoms with Crippen LogP contribution in [0.25, 0.3) is 0 Å². The first-order valence-electron chi connectivity index (χ1n) is 8.30. The zero-order valence-corrected chi connectivity index (χ0v) is 13.7. The van der Waals surface area contributed by atoms with E-state index in [-0.39, 0.29) is 23.1 Å². The molecule has 124 valence electrons. The van der Waals surface area contributed by atoms with Crippen LogP contribution in [-0.4, -0.2) is 54.8 Å². The molecular formula is C18H25N3O2. The minimum absolute atomic E-state index is 0.0439. The zero-order chi connectivity index (χ0) is 16.4. The molecule has 2 aliphatic rings. The van der Waals surface area contributed by atoms with Gasteiger partial charge in [0.1, 0.15) is 0 Å². The summed E-state index contributed by atoms with van der Waals surface area (Å²) in [6.07, 6.45) is 2.94. The van der Waals surface area contributed by atoms with Crippen molar-refractivity contribution in [2.75, 3.05) is 33.2 Å². The molecule has 1 spiro atoms. The second-order valence-electron chi connectivity index (χ2n) is 7.10. The van der Waals surface area contributed by atoms with Crippen molar-refractivity contribution in [1.82, 2.24) is 9.80 Å². The number of hydrogen-bond donors (Lipinski definition) is 1. The summed E-state index contributed by atoms with van der Waals surface area (Å²) in [5.41, 5.74) is 6.58. The fourth-order valence-electron chi connectivity index (χ4n) is 4.15. The van der Waals surface area contributed by atoms with Gasteiger partial charge < -0.3 is 10.6 Å². The van der Waals surface area contributed by atoms with Crippen LogP contribution in [0.5, 0.6) is 0 Å². The molecular weight excluding hydrogens is 290 g/mol. The summed E-state index contributed by atoms with van der Waals surface area (Å²) in [5, 5.41) is 0. The molecule has 23 heavy (non-hydrogen) atoms. The fraction of sp³-hybridized carbons (Fsp3) is 0.556. The molecule has 2 fully saturated rings. The maximum absolute atomic E-state index is 12.6. The van der Waals surface area contributed by atoms with Crippen LogP contribution in [-0.2, 0) is 9.59 Å². The normalized spacial score (nSPS) is 24.8. The van der Waals surface area contributed by atoms with Crippen LogP contribution in [0, 0.1) is 5.41 Å². The van der Waals surface area contributed by atoms with E-state index in [1.54, 1.807) is 0 Å². The highest BCUT2D eigenvalue weighted by Gasteiger charge is 2.45. The molecule has 0 saturated carbocycles. The summed E-state index contributed by atoms with van der Waals surface area (Å²) in [6.45, 7) is 2.92. The van der Waals surface area contributed by atoms with Gasteiger partial charge in [0.25, 0.3) is 0 Å². The highest BCUT2D eigenvalue weighted by Crippen LogP contribution is 2.45. The van der Waals surface area contributed by atoms with Gasteiger partial charge in [-0.15, -0.1) is 0 Å². The molecule has 2 heterocycles. The Morgan fingerprint density at radius 2 is 1.91 bits per heavy atom. The Kier molecular flexibility index (Phi) is 4.39. The molecule has 0 bridgehead atoms. The molecule has 5 heteroatoms. The summed E-state index contributed by atoms with van der Waals surface area (Å²) in [4.78, 5) is 27.7. The van der Waals surface area contributed by atoms with E-state index >= 15 is 0 Å². The monoisotopic (exact) mass is 315 g/mol. The Morgan fingerprint density at radius 3 is 2.52 bits per heavy atom. The van der Waals surface area contributed by atoms with Gasteiger partial charge in [-0.25, -0.2) is 0 Å². The lowest BCUT2D eigenvalue weighted by Crippen LogP contribution is -2.53. The third-order valence-corrected chi connectivity index (χ3v) is 5.38. The highest BCUT2D eigenvalue weighted by atomic mass is 16.2. The molecule has 2 amide bonds. The molecule has 3 rings (SSSR count). The van der Waals surface area contributed by atoms with Crippen molar-refractivity contribution in [3.05, 3.63) is 35.9 Å². The predicted molar refractivity (Wildman–Crippen MR) is 88.7 cm³/mol. The Hall–Kier alpha value is -1.88. The molecule has 0 aliphatic carbocycles. The smallest absolute Gasteiger partial charge is 0.231 e. The average molecular weight is 315 g/mol. The quantitative estimate of drug-likeness (QED) is 0.911. The molecule has 0 aromatic heterocycles. The van der Waals surface area contributed by atoms with Crippen LogP contribution >= 0.6 is 0 Å². The van der Waals surface area contributed by atoms with Crippen molar-refractivity contribution < 1.29 is 9.59 Å². The van der Waals surface area contributed by atoms with Gasteiger partial charge in [0.2, 0.25) is 11.8 Å². The Balaban J connectivity index is 1.74. The first-order chi connectivity index (χ1) is 11.0. The van der Waals surface area contributed by atoms with Gasteiger partial charge in [0, 0.05) is 13.6 Å². The van der Waals surface area contributed by atoms with Crippen LogP contribution in [0.15, 0.2) is 30.3 Å². The summed E-state index contributed by atoms with van der Waals surface area (Å²) >= 11 is 0. The molecule has 2 saturated heterocycles. The van der Waals surface area contributed by atoms with Gasteiger partial charge in [-0.2, -0.15) is 0 Å². The third-order valence-electron chi connectivity index (χ3n) is 5.38. The number of primary amides is 1. The number of nitrogens with zero attached hydrogens (tertiary/aromatic N) is 2. The van der Waals surface area contributed by atoms with Crippen LogP contribution in [0.1, 0.15) is 30.7 Å². The van der Waals surface area contributed by atoms with E-state index in [0.717, 1.165) is 44.5 Å². The number of piperidine rings is 2. The molecule has 1 aromatic carbocycles. The van der Waals surface area contributed by atoms with E-state index in [9.17, 15) is 9.59 Å². The van der Waals surface area contributed by atoms with E-state index in [1.807, 2.05) is 30.1 Å². The summed E-state index contributed by atoms with van der Waals surface area (Å²) in [6, 6.07) is 10.1. The van der Waals surface area contributed by atoms with E-state index in [2.05, 4.69) is 17.0 Å². The molecule has 2 aliphatic heterocycles. The lowest BCUT2D eigenvalue weighted by Gasteiger charge is -2.49. The average Bonchev–Trinajstić information content (AvgIpc) is 2.54. The van der Waals surface area contributed by atoms with Crippen molar-refractivity contribution in [1.29, 1.82) is 0 Å². The van der Waals surface area contributed by atoms with Crippen molar-refractivity contribution in [2.45, 2.75) is 25.2 Å². The fourth-order valence-corrected chi connectivity index (χ4v) is 4.15. The molecule has 5 nitrogen and oxygen atoms in total. The first-order valence-corrected chi connectivity index (χ1v) is 8.30. The maximum atomic E-state index is 12.6. The summed E-state index contributed by atoms with van der Waals surface area (Å²) in [7, 11) is 1.91. The standard InChI is InChI=1S/C18H25N3O2/c1-20-13-18(7-9-21(10-8-18)12-16(19)22)11-15(17(20)23)14-5-3-2-4-6-14/h2-6,15H,7-13H2,1H3,(H2,19,22). The van der Waals surface area contributed by atoms with Gasteiger partial charge in [-0.05, 0) is 43.3 Å². The Morgan fingerprint density at radius 1 is 1.26 bits per heavy atom. The predicted octanol–water partition coefficient (Wildman–Crippen LogP) is 1.20. The number of rotatable bonds is 3. The number of benzene rings is 1. The van der Waals surface area contributed by atoms with Gasteiger partial charge in [0.15, 0.2) is 0 Å². The van der Waals surface area contributed by atoms with Gasteiger partial charge in [-0.1, -0.05) is 30.3 Å². The minimum Gasteiger partial charge on any atom is -0.369 e. The van der Waals surface area contributed by atoms with Crippen molar-refractivity contribution >= 4 is 11.8 Å². The van der Waals surface area contributed by atoms with Crippen LogP contribution < -0.4 is 5.73 Å². The lowest BCUT2D eigenvalue weighted by molar-refractivity contribution is -0.139. The number of likely N-dealkylation sites (tertiary alicyclic amines) is 2. The topological polar surface area (TPSA) is 66.6 Å². The largest absolute Gasteiger partial charge is 0.369 e. The van der Waals surface area contributed by atoms with Crippen LogP contribution in [0.2, 0.25) is 0 Å². The highest BCUT2D eigenvalue weighted by molar-refractivity contribution is 5.84. The van der Waals surface area contributed by atoms with E-state index in [0.29, 0.717) is 6.54 Å². The first kappa shape index (κ1) is 16.0. The van der Waals surface area contributed by atoms with Gasteiger partial charge >= 0.3 is 0 Å². The number of carbonyl (C=O) groups is 2. The van der Waals surface area contributed by atoms with Crippen molar-refractivity contribution in [3.63, 3.8) is 0 Å². The summed E-state index contributed by atoms with van der Waals surface area (Å²) < 4.78 is 0. The van der Waals surface area contributed by atoms with E-state index < -0.39 is 0 Å². The number of amides is 2. The second kappa shape index (κ2) is 6.32. The van der Waals surface area contributed by atoms with Crippen molar-refractivity contribution in [3.8, 4) is 0 Å². The van der Waals surface area contributed by atoms with Crippen molar-refractivity contribution in [2.24, 2.45) is 11.1 Å². The Bertz CT molecular complexity index is 579. The number of carbonyl (C=O) groups excluding carboxylic acids is 2. The lowest BCUT2D eigenvalue weighted by atomic mass is 9.68. The SMILES string of the molecule is CN1CC2(CCN(CC(N)=O)CC2)CC(c2ccccc2)C1=O. The molecule has 1 aromatic rings. The second-order valence-corrected chi connectivity index (χ2v) is 7.10. The van der Waals surface area contributed by atoms with Crippen LogP contribution in [0.4, 0.5) is 0 Å². The number of likely N-dealkylation sites (N-methyl/N-ethyl adjacent to an activating group) is 1. The molecule has 0 radical (unpaired) electrons. The van der Waals surface area contributed by atoms with Gasteiger partial charge in [-0.3, -0.25) is 14.5 Å². The summed E-state index contributed by atoms with van der Waals surface area (Å²) in [5.74, 6) is -0.0851. The number of hydrogen-bond acceptors (Lipinski definition) is 3. The van der Waals surface area contributed by atoms with E-state index in [4.69, 9.17) is 5.73 Å². The minimum atomic E-state index is -0.265. The van der Waals surface area contributed by atoms with Gasteiger partial charge in [0.05, 0.1) is 12.5 Å². The number of nitrogens with two attached hydrogens (primary N) is 1. The van der Waals surface area contributed by atoms with Crippen LogP contribution in [0.3, 0.4) is 0 Å². The molecule has 1 atom stereocenters. The Labute approximate surface area is 137 Å². The zero-order valence-electron chi connectivity index (χ0n) is 13.7. The third kappa shape index (κ3) is 3.39.